The van der Waals surface area contributed by atoms with Crippen LogP contribution in [0.2, 0.25) is 5.28 Å². The Morgan fingerprint density at radius 3 is 2.42 bits per heavy atom. The van der Waals surface area contributed by atoms with E-state index in [0.717, 1.165) is 5.92 Å². The van der Waals surface area contributed by atoms with Crippen LogP contribution < -0.4 is 0 Å². The van der Waals surface area contributed by atoms with Gasteiger partial charge in [-0.3, -0.25) is 0 Å². The Kier molecular flexibility index (Phi) is 4.43. The topological polar surface area (TPSA) is 0 Å². The Labute approximate surface area is 81.7 Å². The molecule has 0 bridgehead atoms. The van der Waals surface area contributed by atoms with Gasteiger partial charge in [-0.05, 0) is 0 Å². The van der Waals surface area contributed by atoms with Crippen molar-refractivity contribution in [2.45, 2.75) is 24.4 Å². The van der Waals surface area contributed by atoms with Crippen molar-refractivity contribution in [1.82, 2.24) is 0 Å². The molecule has 1 aromatic rings. The van der Waals surface area contributed by atoms with Crippen molar-refractivity contribution in [3.05, 3.63) is 35.9 Å². The van der Waals surface area contributed by atoms with Crippen molar-refractivity contribution >= 4 is 15.2 Å². The Morgan fingerprint density at radius 1 is 1.17 bits per heavy atom. The number of hydrogen-bond donors (Lipinski definition) is 0. The first kappa shape index (κ1) is 9.84. The molecule has 1 rings (SSSR count). The second-order valence-electron chi connectivity index (χ2n) is 3.61. The molecule has 0 unspecified atom stereocenters. The predicted octanol–water partition coefficient (Wildman–Crippen LogP) is 2.97. The summed E-state index contributed by atoms with van der Waals surface area (Å²) >= 11 is 0.628. The van der Waals surface area contributed by atoms with E-state index in [2.05, 4.69) is 44.2 Å². The Morgan fingerprint density at radius 2 is 1.83 bits per heavy atom. The molecular weight excluding hydrogens is 159 g/mol. The van der Waals surface area contributed by atoms with Crippen molar-refractivity contribution in [1.29, 1.82) is 0 Å². The van der Waals surface area contributed by atoms with Gasteiger partial charge in [0.1, 0.15) is 0 Å². The molecule has 0 saturated heterocycles. The maximum absolute atomic E-state index is 2.30. The molecule has 0 N–H and O–H groups in total. The summed E-state index contributed by atoms with van der Waals surface area (Å²) in [6.07, 6.45) is 0. The molecule has 0 aromatic heterocycles. The first-order chi connectivity index (χ1) is 5.79. The summed E-state index contributed by atoms with van der Waals surface area (Å²) in [4.78, 5) is 0. The van der Waals surface area contributed by atoms with Crippen LogP contribution in [0.3, 0.4) is 0 Å². The minimum absolute atomic E-state index is 0.628. The van der Waals surface area contributed by atoms with Gasteiger partial charge >= 0.3 is 81.4 Å². The third-order valence-electron chi connectivity index (χ3n) is 1.86. The molecule has 0 aliphatic heterocycles. The maximum atomic E-state index is 2.30. The van der Waals surface area contributed by atoms with Gasteiger partial charge in [0.15, 0.2) is 0 Å². The van der Waals surface area contributed by atoms with Crippen LogP contribution >= 0.6 is 0 Å². The van der Waals surface area contributed by atoms with Crippen molar-refractivity contribution in [2.24, 2.45) is 5.92 Å². The molecule has 0 radical (unpaired) electrons. The summed E-state index contributed by atoms with van der Waals surface area (Å²) in [6, 6.07) is 10.8. The van der Waals surface area contributed by atoms with E-state index in [0.29, 0.717) is 15.2 Å². The summed E-state index contributed by atoms with van der Waals surface area (Å²) < 4.78 is 0. The standard InChI is InChI=1S/C7H7.C4H9.Al/c1-7-5-3-2-4-6-7;1-4(2)3;/h2-6H,1H2;4H,1H2,2-3H3;/q;;+1. The zero-order chi connectivity index (χ0) is 8.81. The number of benzene rings is 1. The predicted molar refractivity (Wildman–Crippen MR) is 55.5 cm³/mol. The average Bonchev–Trinajstić information content (AvgIpc) is 2.05. The second-order valence-corrected chi connectivity index (χ2v) is 5.06. The van der Waals surface area contributed by atoms with Crippen LogP contribution in [-0.2, 0) is 5.28 Å². The Balaban J connectivity index is 2.25. The molecule has 0 amide bonds. The minimum atomic E-state index is 0.628. The van der Waals surface area contributed by atoms with Gasteiger partial charge < -0.3 is 0 Å². The fraction of sp³-hybridized carbons (Fsp3) is 0.455. The SMILES string of the molecule is CC(C)[CH2][Al+][CH2]c1ccccc1. The zero-order valence-electron chi connectivity index (χ0n) is 7.96. The monoisotopic (exact) mass is 175 g/mol. The van der Waals surface area contributed by atoms with E-state index in [9.17, 15) is 0 Å². The van der Waals surface area contributed by atoms with Gasteiger partial charge in [-0.2, -0.15) is 0 Å². The molecule has 0 fully saturated rings. The Bertz CT molecular complexity index is 204. The van der Waals surface area contributed by atoms with Gasteiger partial charge in [-0.25, -0.2) is 0 Å². The molecule has 0 aliphatic rings. The van der Waals surface area contributed by atoms with Crippen molar-refractivity contribution in [3.8, 4) is 0 Å². The van der Waals surface area contributed by atoms with Crippen molar-refractivity contribution < 1.29 is 0 Å². The van der Waals surface area contributed by atoms with Crippen LogP contribution in [0.4, 0.5) is 0 Å². The molecule has 0 spiro atoms. The molecule has 1 aromatic carbocycles. The molecule has 12 heavy (non-hydrogen) atoms. The second kappa shape index (κ2) is 5.41. The van der Waals surface area contributed by atoms with Crippen LogP contribution in [0, 0.1) is 5.92 Å². The summed E-state index contributed by atoms with van der Waals surface area (Å²) in [5.74, 6) is 0.878. The van der Waals surface area contributed by atoms with Crippen molar-refractivity contribution in [2.75, 3.05) is 0 Å². The fourth-order valence-electron chi connectivity index (χ4n) is 1.20. The van der Waals surface area contributed by atoms with Crippen LogP contribution in [-0.4, -0.2) is 15.2 Å². The normalized spacial score (nSPS) is 9.92. The van der Waals surface area contributed by atoms with E-state index in [1.54, 1.807) is 0 Å². The number of hydrogen-bond acceptors (Lipinski definition) is 0. The van der Waals surface area contributed by atoms with E-state index in [1.165, 1.54) is 16.1 Å². The van der Waals surface area contributed by atoms with E-state index in [1.807, 2.05) is 0 Å². The van der Waals surface area contributed by atoms with Gasteiger partial charge in [0.05, 0.1) is 0 Å². The van der Waals surface area contributed by atoms with E-state index >= 15 is 0 Å². The Hall–Kier alpha value is -0.248. The third-order valence-corrected chi connectivity index (χ3v) is 3.90. The first-order valence-corrected chi connectivity index (χ1v) is 6.28. The van der Waals surface area contributed by atoms with E-state index < -0.39 is 0 Å². The van der Waals surface area contributed by atoms with Crippen LogP contribution in [0.1, 0.15) is 19.4 Å². The van der Waals surface area contributed by atoms with Crippen LogP contribution in [0.15, 0.2) is 30.3 Å². The quantitative estimate of drug-likeness (QED) is 0.617. The molecule has 1 heteroatoms. The molecule has 0 atom stereocenters. The number of rotatable bonds is 4. The first-order valence-electron chi connectivity index (χ1n) is 4.64. The fourth-order valence-corrected chi connectivity index (χ4v) is 2.64. The average molecular weight is 175 g/mol. The van der Waals surface area contributed by atoms with E-state index in [-0.39, 0.29) is 0 Å². The van der Waals surface area contributed by atoms with Gasteiger partial charge in [0, 0.05) is 0 Å². The molecule has 0 heterocycles. The van der Waals surface area contributed by atoms with Gasteiger partial charge in [-0.15, -0.1) is 0 Å². The van der Waals surface area contributed by atoms with Crippen LogP contribution in [0.5, 0.6) is 0 Å². The van der Waals surface area contributed by atoms with Crippen molar-refractivity contribution in [3.63, 3.8) is 0 Å². The summed E-state index contributed by atoms with van der Waals surface area (Å²) in [5.41, 5.74) is 1.51. The van der Waals surface area contributed by atoms with Gasteiger partial charge in [0.25, 0.3) is 0 Å². The van der Waals surface area contributed by atoms with Gasteiger partial charge in [-0.1, -0.05) is 0 Å². The molecular formula is C11H16Al+. The summed E-state index contributed by atoms with van der Waals surface area (Å²) in [6.45, 7) is 4.61. The zero-order valence-corrected chi connectivity index (χ0v) is 9.11. The summed E-state index contributed by atoms with van der Waals surface area (Å²) in [5, 5.41) is 2.74. The third kappa shape index (κ3) is 3.95. The molecule has 62 valence electrons. The molecule has 0 aliphatic carbocycles. The van der Waals surface area contributed by atoms with Crippen LogP contribution in [0.25, 0.3) is 0 Å². The van der Waals surface area contributed by atoms with E-state index in [4.69, 9.17) is 0 Å². The summed E-state index contributed by atoms with van der Waals surface area (Å²) in [7, 11) is 0. The van der Waals surface area contributed by atoms with Gasteiger partial charge in [0.2, 0.25) is 0 Å². The molecule has 0 nitrogen and oxygen atoms in total. The molecule has 0 saturated carbocycles.